The SMILES string of the molecule is COC(=O)C1C(C)=NC(C)=C(C(=O)OCCc2cc(C)[nH]c2C)C1c1cccnc1. The summed E-state index contributed by atoms with van der Waals surface area (Å²) in [4.78, 5) is 37.6. The minimum Gasteiger partial charge on any atom is -0.468 e. The number of aromatic amines is 1. The summed E-state index contributed by atoms with van der Waals surface area (Å²) in [5.41, 5.74) is 5.50. The Morgan fingerprint density at radius 2 is 1.97 bits per heavy atom. The molecule has 0 radical (unpaired) electrons. The van der Waals surface area contributed by atoms with E-state index in [-0.39, 0.29) is 6.61 Å². The lowest BCUT2D eigenvalue weighted by atomic mass is 9.76. The Morgan fingerprint density at radius 3 is 2.57 bits per heavy atom. The van der Waals surface area contributed by atoms with E-state index in [0.29, 0.717) is 23.4 Å². The zero-order chi connectivity index (χ0) is 21.8. The normalized spacial score (nSPS) is 18.8. The van der Waals surface area contributed by atoms with Gasteiger partial charge in [-0.3, -0.25) is 14.8 Å². The fourth-order valence-corrected chi connectivity index (χ4v) is 4.03. The molecule has 0 aromatic carbocycles. The Labute approximate surface area is 176 Å². The molecule has 0 aliphatic carbocycles. The minimum absolute atomic E-state index is 0.235. The molecule has 2 unspecified atom stereocenters. The van der Waals surface area contributed by atoms with Gasteiger partial charge in [-0.1, -0.05) is 6.07 Å². The van der Waals surface area contributed by atoms with Crippen LogP contribution < -0.4 is 0 Å². The van der Waals surface area contributed by atoms with Crippen LogP contribution in [0.3, 0.4) is 0 Å². The van der Waals surface area contributed by atoms with Gasteiger partial charge >= 0.3 is 11.9 Å². The average molecular weight is 409 g/mol. The van der Waals surface area contributed by atoms with E-state index in [1.807, 2.05) is 26.0 Å². The van der Waals surface area contributed by atoms with Gasteiger partial charge in [0.2, 0.25) is 0 Å². The second-order valence-corrected chi connectivity index (χ2v) is 7.51. The molecule has 1 aliphatic heterocycles. The van der Waals surface area contributed by atoms with Gasteiger partial charge in [0, 0.05) is 47.5 Å². The lowest BCUT2D eigenvalue weighted by Crippen LogP contribution is -2.36. The summed E-state index contributed by atoms with van der Waals surface area (Å²) < 4.78 is 10.6. The zero-order valence-electron chi connectivity index (χ0n) is 18.0. The van der Waals surface area contributed by atoms with Crippen molar-refractivity contribution in [1.82, 2.24) is 9.97 Å². The number of hydrogen-bond acceptors (Lipinski definition) is 6. The largest absolute Gasteiger partial charge is 0.468 e. The molecule has 158 valence electrons. The van der Waals surface area contributed by atoms with Crippen LogP contribution in [0.15, 0.2) is 46.9 Å². The van der Waals surface area contributed by atoms with Crippen LogP contribution in [0.4, 0.5) is 0 Å². The van der Waals surface area contributed by atoms with Crippen molar-refractivity contribution >= 4 is 17.7 Å². The maximum Gasteiger partial charge on any atom is 0.336 e. The van der Waals surface area contributed by atoms with Crippen LogP contribution in [0.5, 0.6) is 0 Å². The molecular weight excluding hydrogens is 382 g/mol. The van der Waals surface area contributed by atoms with E-state index in [0.717, 1.165) is 22.5 Å². The van der Waals surface area contributed by atoms with Crippen LogP contribution in [-0.2, 0) is 25.5 Å². The molecule has 0 saturated carbocycles. The summed E-state index contributed by atoms with van der Waals surface area (Å²) in [7, 11) is 1.33. The summed E-state index contributed by atoms with van der Waals surface area (Å²) in [5, 5.41) is 0. The second-order valence-electron chi connectivity index (χ2n) is 7.51. The molecule has 1 aliphatic rings. The van der Waals surface area contributed by atoms with Crippen molar-refractivity contribution in [2.75, 3.05) is 13.7 Å². The van der Waals surface area contributed by atoms with E-state index in [1.165, 1.54) is 7.11 Å². The number of aryl methyl sites for hydroxylation is 2. The fraction of sp³-hybridized carbons (Fsp3) is 0.391. The summed E-state index contributed by atoms with van der Waals surface area (Å²) in [6.07, 6.45) is 3.91. The van der Waals surface area contributed by atoms with Gasteiger partial charge in [-0.05, 0) is 51.0 Å². The average Bonchev–Trinajstić information content (AvgIpc) is 3.04. The number of hydrogen-bond donors (Lipinski definition) is 1. The molecule has 3 rings (SSSR count). The van der Waals surface area contributed by atoms with Crippen molar-refractivity contribution in [2.45, 2.75) is 40.0 Å². The van der Waals surface area contributed by atoms with E-state index < -0.39 is 23.8 Å². The van der Waals surface area contributed by atoms with Gasteiger partial charge < -0.3 is 14.5 Å². The van der Waals surface area contributed by atoms with Crippen LogP contribution in [0.25, 0.3) is 0 Å². The molecule has 7 nitrogen and oxygen atoms in total. The van der Waals surface area contributed by atoms with Crippen LogP contribution in [0, 0.1) is 19.8 Å². The van der Waals surface area contributed by atoms with Crippen molar-refractivity contribution in [2.24, 2.45) is 10.9 Å². The topological polar surface area (TPSA) is 93.6 Å². The third-order valence-electron chi connectivity index (χ3n) is 5.41. The highest BCUT2D eigenvalue weighted by atomic mass is 16.5. The summed E-state index contributed by atoms with van der Waals surface area (Å²) in [6.45, 7) is 7.75. The van der Waals surface area contributed by atoms with Crippen molar-refractivity contribution < 1.29 is 19.1 Å². The summed E-state index contributed by atoms with van der Waals surface area (Å²) >= 11 is 0. The third-order valence-corrected chi connectivity index (χ3v) is 5.41. The molecule has 30 heavy (non-hydrogen) atoms. The zero-order valence-corrected chi connectivity index (χ0v) is 18.0. The van der Waals surface area contributed by atoms with E-state index in [9.17, 15) is 9.59 Å². The molecule has 0 amide bonds. The van der Waals surface area contributed by atoms with Gasteiger partial charge in [-0.15, -0.1) is 0 Å². The van der Waals surface area contributed by atoms with E-state index in [2.05, 4.69) is 15.0 Å². The van der Waals surface area contributed by atoms with E-state index in [1.54, 1.807) is 32.3 Å². The van der Waals surface area contributed by atoms with Crippen molar-refractivity contribution in [3.8, 4) is 0 Å². The smallest absolute Gasteiger partial charge is 0.336 e. The molecule has 2 aromatic heterocycles. The van der Waals surface area contributed by atoms with Crippen LogP contribution in [0.1, 0.15) is 42.3 Å². The van der Waals surface area contributed by atoms with Gasteiger partial charge in [0.1, 0.15) is 5.92 Å². The molecule has 2 atom stereocenters. The molecule has 3 heterocycles. The number of ether oxygens (including phenoxy) is 2. The standard InChI is InChI=1S/C23H27N3O4/c1-13-11-17(14(2)25-13)8-10-30-23(28)20-16(4)26-15(3)19(22(27)29-5)21(20)18-7-6-9-24-12-18/h6-7,9,11-12,19,21,25H,8,10H2,1-5H3. The summed E-state index contributed by atoms with van der Waals surface area (Å²) in [5.74, 6) is -2.19. The Kier molecular flexibility index (Phi) is 6.50. The Morgan fingerprint density at radius 1 is 1.20 bits per heavy atom. The number of esters is 2. The maximum absolute atomic E-state index is 13.1. The number of aromatic nitrogens is 2. The highest BCUT2D eigenvalue weighted by Gasteiger charge is 2.42. The van der Waals surface area contributed by atoms with Gasteiger partial charge in [0.25, 0.3) is 0 Å². The Bertz CT molecular complexity index is 1000. The predicted octanol–water partition coefficient (Wildman–Crippen LogP) is 3.43. The summed E-state index contributed by atoms with van der Waals surface area (Å²) in [6, 6.07) is 5.67. The Hall–Kier alpha value is -3.22. The number of nitrogens with one attached hydrogen (secondary N) is 1. The van der Waals surface area contributed by atoms with Gasteiger partial charge in [-0.2, -0.15) is 0 Å². The molecular formula is C23H27N3O4. The molecule has 0 fully saturated rings. The number of carbonyl (C=O) groups is 2. The number of rotatable bonds is 6. The van der Waals surface area contributed by atoms with Gasteiger partial charge in [0.15, 0.2) is 0 Å². The highest BCUT2D eigenvalue weighted by Crippen LogP contribution is 2.39. The van der Waals surface area contributed by atoms with Crippen molar-refractivity contribution in [3.63, 3.8) is 0 Å². The van der Waals surface area contributed by atoms with E-state index in [4.69, 9.17) is 9.47 Å². The predicted molar refractivity (Wildman–Crippen MR) is 113 cm³/mol. The van der Waals surface area contributed by atoms with Crippen LogP contribution in [-0.4, -0.2) is 41.3 Å². The number of carbonyl (C=O) groups excluding carboxylic acids is 2. The first-order valence-corrected chi connectivity index (χ1v) is 9.89. The number of allylic oxidation sites excluding steroid dienone is 1. The number of aliphatic imine (C=N–C) groups is 1. The maximum atomic E-state index is 13.1. The first-order valence-electron chi connectivity index (χ1n) is 9.89. The quantitative estimate of drug-likeness (QED) is 0.738. The highest BCUT2D eigenvalue weighted by molar-refractivity contribution is 6.06. The van der Waals surface area contributed by atoms with Gasteiger partial charge in [0.05, 0.1) is 19.3 Å². The molecule has 7 heteroatoms. The molecule has 2 aromatic rings. The van der Waals surface area contributed by atoms with Crippen LogP contribution in [0.2, 0.25) is 0 Å². The van der Waals surface area contributed by atoms with Gasteiger partial charge in [-0.25, -0.2) is 4.79 Å². The molecule has 1 N–H and O–H groups in total. The minimum atomic E-state index is -0.708. The molecule has 0 spiro atoms. The van der Waals surface area contributed by atoms with Crippen LogP contribution >= 0.6 is 0 Å². The number of nitrogens with zero attached hydrogens (tertiary/aromatic N) is 2. The Balaban J connectivity index is 1.88. The van der Waals surface area contributed by atoms with Crippen molar-refractivity contribution in [3.05, 3.63) is 64.4 Å². The first-order chi connectivity index (χ1) is 14.3. The van der Waals surface area contributed by atoms with Crippen molar-refractivity contribution in [1.29, 1.82) is 0 Å². The lowest BCUT2D eigenvalue weighted by molar-refractivity contribution is -0.144. The first kappa shape index (κ1) is 21.5. The van der Waals surface area contributed by atoms with E-state index >= 15 is 0 Å². The second kappa shape index (κ2) is 9.07. The third kappa shape index (κ3) is 4.35. The number of pyridine rings is 1. The monoisotopic (exact) mass is 409 g/mol. The number of methoxy groups -OCH3 is 1. The number of H-pyrrole nitrogens is 1. The molecule has 0 bridgehead atoms. The fourth-order valence-electron chi connectivity index (χ4n) is 4.03. The lowest BCUT2D eigenvalue weighted by Gasteiger charge is -2.31. The molecule has 0 saturated heterocycles.